The third kappa shape index (κ3) is 3.91. The molecule has 128 valence electrons. The molecule has 0 aliphatic carbocycles. The van der Waals surface area contributed by atoms with E-state index in [-0.39, 0.29) is 11.3 Å². The largest absolute Gasteiger partial charge is 0.300 e. The molecule has 0 fully saturated rings. The van der Waals surface area contributed by atoms with Crippen LogP contribution in [0, 0.1) is 0 Å². The van der Waals surface area contributed by atoms with Gasteiger partial charge in [-0.3, -0.25) is 9.48 Å². The van der Waals surface area contributed by atoms with Gasteiger partial charge in [0.25, 0.3) is 0 Å². The summed E-state index contributed by atoms with van der Waals surface area (Å²) in [5, 5.41) is 8.63. The number of nitrogens with zero attached hydrogens (tertiary/aromatic N) is 5. The van der Waals surface area contributed by atoms with Crippen molar-refractivity contribution in [3.05, 3.63) is 76.0 Å². The molecule has 2 heterocycles. The Labute approximate surface area is 146 Å². The zero-order valence-electron chi connectivity index (χ0n) is 14.6. The van der Waals surface area contributed by atoms with Crippen LogP contribution < -0.4 is 5.43 Å². The van der Waals surface area contributed by atoms with Gasteiger partial charge < -0.3 is 4.99 Å². The normalized spacial score (nSPS) is 12.6. The Kier molecular flexibility index (Phi) is 4.88. The SMILES string of the molecule is CN=CC(C)c1cccc(Cc2nn(-c3cnn(C)c3)ccc2=O)c1. The lowest BCUT2D eigenvalue weighted by atomic mass is 9.98. The van der Waals surface area contributed by atoms with Crippen LogP contribution in [0.3, 0.4) is 0 Å². The van der Waals surface area contributed by atoms with Crippen molar-refractivity contribution in [3.8, 4) is 5.69 Å². The van der Waals surface area contributed by atoms with Gasteiger partial charge in [0, 0.05) is 44.9 Å². The number of hydrogen-bond acceptors (Lipinski definition) is 4. The molecule has 0 bridgehead atoms. The minimum Gasteiger partial charge on any atom is -0.300 e. The first-order chi connectivity index (χ1) is 12.1. The molecular formula is C19H21N5O. The van der Waals surface area contributed by atoms with Gasteiger partial charge in [-0.2, -0.15) is 10.2 Å². The van der Waals surface area contributed by atoms with E-state index in [4.69, 9.17) is 0 Å². The van der Waals surface area contributed by atoms with Crippen LogP contribution >= 0.6 is 0 Å². The highest BCUT2D eigenvalue weighted by Crippen LogP contribution is 2.16. The van der Waals surface area contributed by atoms with E-state index in [0.717, 1.165) is 11.3 Å². The van der Waals surface area contributed by atoms with Crippen LogP contribution in [0.4, 0.5) is 0 Å². The molecule has 0 amide bonds. The maximum absolute atomic E-state index is 12.2. The number of aliphatic imine (C=N–C) groups is 1. The van der Waals surface area contributed by atoms with Crippen LogP contribution in [-0.2, 0) is 13.5 Å². The molecule has 0 radical (unpaired) electrons. The van der Waals surface area contributed by atoms with E-state index in [9.17, 15) is 4.79 Å². The summed E-state index contributed by atoms with van der Waals surface area (Å²) in [5.41, 5.74) is 3.51. The highest BCUT2D eigenvalue weighted by Gasteiger charge is 2.08. The first kappa shape index (κ1) is 16.8. The first-order valence-corrected chi connectivity index (χ1v) is 8.16. The van der Waals surface area contributed by atoms with Gasteiger partial charge in [-0.15, -0.1) is 0 Å². The van der Waals surface area contributed by atoms with Crippen LogP contribution in [0.5, 0.6) is 0 Å². The van der Waals surface area contributed by atoms with E-state index < -0.39 is 0 Å². The Hall–Kier alpha value is -3.02. The summed E-state index contributed by atoms with van der Waals surface area (Å²) < 4.78 is 3.38. The van der Waals surface area contributed by atoms with E-state index in [1.807, 2.05) is 31.6 Å². The molecule has 1 aromatic carbocycles. The highest BCUT2D eigenvalue weighted by molar-refractivity contribution is 5.67. The molecule has 3 rings (SSSR count). The van der Waals surface area contributed by atoms with Crippen molar-refractivity contribution in [1.82, 2.24) is 19.6 Å². The van der Waals surface area contributed by atoms with E-state index in [2.05, 4.69) is 34.2 Å². The second-order valence-electron chi connectivity index (χ2n) is 6.06. The van der Waals surface area contributed by atoms with Crippen LogP contribution in [0.1, 0.15) is 29.7 Å². The van der Waals surface area contributed by atoms with Gasteiger partial charge in [0.15, 0.2) is 0 Å². The second-order valence-corrected chi connectivity index (χ2v) is 6.06. The monoisotopic (exact) mass is 335 g/mol. The molecule has 3 aromatic rings. The molecule has 1 atom stereocenters. The Morgan fingerprint density at radius 1 is 1.32 bits per heavy atom. The van der Waals surface area contributed by atoms with Crippen molar-refractivity contribution in [2.24, 2.45) is 12.0 Å². The molecule has 6 heteroatoms. The van der Waals surface area contributed by atoms with Crippen molar-refractivity contribution in [3.63, 3.8) is 0 Å². The molecule has 0 spiro atoms. The van der Waals surface area contributed by atoms with E-state index in [1.54, 1.807) is 34.9 Å². The fourth-order valence-electron chi connectivity index (χ4n) is 2.73. The molecule has 6 nitrogen and oxygen atoms in total. The smallest absolute Gasteiger partial charge is 0.203 e. The molecule has 25 heavy (non-hydrogen) atoms. The highest BCUT2D eigenvalue weighted by atomic mass is 16.1. The maximum atomic E-state index is 12.2. The predicted octanol–water partition coefficient (Wildman–Crippen LogP) is 2.36. The molecule has 0 saturated carbocycles. The lowest BCUT2D eigenvalue weighted by Gasteiger charge is -2.09. The summed E-state index contributed by atoms with van der Waals surface area (Å²) in [5.74, 6) is 0.237. The number of aryl methyl sites for hydroxylation is 1. The number of rotatable bonds is 5. The summed E-state index contributed by atoms with van der Waals surface area (Å²) in [4.78, 5) is 16.3. The van der Waals surface area contributed by atoms with Crippen LogP contribution in [0.2, 0.25) is 0 Å². The minimum absolute atomic E-state index is 0.0614. The van der Waals surface area contributed by atoms with Crippen LogP contribution in [0.15, 0.2) is 58.7 Å². The quantitative estimate of drug-likeness (QED) is 0.672. The molecule has 0 aliphatic heterocycles. The summed E-state index contributed by atoms with van der Waals surface area (Å²) in [7, 11) is 3.62. The van der Waals surface area contributed by atoms with Gasteiger partial charge in [-0.05, 0) is 11.1 Å². The lowest BCUT2D eigenvalue weighted by Crippen LogP contribution is -2.16. The Bertz CT molecular complexity index is 954. The summed E-state index contributed by atoms with van der Waals surface area (Å²) in [6.45, 7) is 2.10. The van der Waals surface area contributed by atoms with E-state index in [0.29, 0.717) is 12.1 Å². The predicted molar refractivity (Wildman–Crippen MR) is 98.7 cm³/mol. The van der Waals surface area contributed by atoms with Crippen molar-refractivity contribution in [2.75, 3.05) is 7.05 Å². The van der Waals surface area contributed by atoms with Crippen molar-refractivity contribution in [1.29, 1.82) is 0 Å². The Morgan fingerprint density at radius 3 is 2.88 bits per heavy atom. The number of aromatic nitrogens is 4. The fourth-order valence-corrected chi connectivity index (χ4v) is 2.73. The molecule has 0 aliphatic rings. The third-order valence-corrected chi connectivity index (χ3v) is 4.06. The van der Waals surface area contributed by atoms with Crippen molar-refractivity contribution in [2.45, 2.75) is 19.3 Å². The Morgan fingerprint density at radius 2 is 2.16 bits per heavy atom. The Balaban J connectivity index is 1.90. The minimum atomic E-state index is -0.0614. The van der Waals surface area contributed by atoms with Gasteiger partial charge in [-0.25, -0.2) is 4.68 Å². The number of benzene rings is 1. The average Bonchev–Trinajstić information content (AvgIpc) is 3.04. The lowest BCUT2D eigenvalue weighted by molar-refractivity contribution is 0.762. The zero-order chi connectivity index (χ0) is 17.8. The van der Waals surface area contributed by atoms with Gasteiger partial charge in [-0.1, -0.05) is 31.2 Å². The van der Waals surface area contributed by atoms with E-state index >= 15 is 0 Å². The first-order valence-electron chi connectivity index (χ1n) is 8.16. The average molecular weight is 335 g/mol. The summed E-state index contributed by atoms with van der Waals surface area (Å²) >= 11 is 0. The van der Waals surface area contributed by atoms with Crippen molar-refractivity contribution >= 4 is 6.21 Å². The summed E-state index contributed by atoms with van der Waals surface area (Å²) in [6, 6.07) is 9.75. The third-order valence-electron chi connectivity index (χ3n) is 4.06. The van der Waals surface area contributed by atoms with Gasteiger partial charge in [0.2, 0.25) is 5.43 Å². The molecule has 1 unspecified atom stereocenters. The topological polar surface area (TPSA) is 65.1 Å². The standard InChI is InChI=1S/C19H21N5O/c1-14(11-20-2)16-6-4-5-15(9-16)10-18-19(25)7-8-24(22-18)17-12-21-23(3)13-17/h4-9,11-14H,10H2,1-3H3. The summed E-state index contributed by atoms with van der Waals surface area (Å²) in [6.07, 6.45) is 7.64. The van der Waals surface area contributed by atoms with Gasteiger partial charge >= 0.3 is 0 Å². The molecular weight excluding hydrogens is 314 g/mol. The van der Waals surface area contributed by atoms with Gasteiger partial charge in [0.1, 0.15) is 11.4 Å². The van der Waals surface area contributed by atoms with Crippen LogP contribution in [-0.4, -0.2) is 32.8 Å². The fraction of sp³-hybridized carbons (Fsp3) is 0.263. The zero-order valence-corrected chi connectivity index (χ0v) is 14.6. The maximum Gasteiger partial charge on any atom is 0.203 e. The molecule has 0 saturated heterocycles. The molecule has 2 aromatic heterocycles. The van der Waals surface area contributed by atoms with Gasteiger partial charge in [0.05, 0.1) is 12.4 Å². The van der Waals surface area contributed by atoms with Crippen molar-refractivity contribution < 1.29 is 0 Å². The second kappa shape index (κ2) is 7.25. The van der Waals surface area contributed by atoms with E-state index in [1.165, 1.54) is 5.56 Å². The molecule has 0 N–H and O–H groups in total. The number of hydrogen-bond donors (Lipinski definition) is 0. The van der Waals surface area contributed by atoms with Crippen LogP contribution in [0.25, 0.3) is 5.69 Å².